The molecule has 0 bridgehead atoms. The van der Waals surface area contributed by atoms with Crippen molar-refractivity contribution in [2.24, 2.45) is 0 Å². The van der Waals surface area contributed by atoms with Gasteiger partial charge in [0, 0.05) is 12.8 Å². The van der Waals surface area contributed by atoms with Gasteiger partial charge in [0.2, 0.25) is 0 Å². The van der Waals surface area contributed by atoms with Crippen molar-refractivity contribution in [1.29, 1.82) is 0 Å². The normalized spacial score (nSPS) is 9.16. The molecule has 0 amide bonds. The number of terminal acetylenes is 2. The van der Waals surface area contributed by atoms with Gasteiger partial charge in [-0.1, -0.05) is 31.1 Å². The lowest BCUT2D eigenvalue weighted by Gasteiger charge is -2.02. The van der Waals surface area contributed by atoms with Crippen molar-refractivity contribution in [3.8, 4) is 24.7 Å². The Labute approximate surface area is 114 Å². The van der Waals surface area contributed by atoms with Crippen LogP contribution in [0, 0.1) is 24.7 Å². The number of ether oxygens (including phenoxy) is 2. The van der Waals surface area contributed by atoms with Crippen LogP contribution in [-0.2, 0) is 19.1 Å². The molecule has 0 unspecified atom stereocenters. The van der Waals surface area contributed by atoms with Crippen LogP contribution < -0.4 is 0 Å². The highest BCUT2D eigenvalue weighted by Crippen LogP contribution is 2.08. The molecule has 104 valence electrons. The van der Waals surface area contributed by atoms with E-state index < -0.39 is 0 Å². The lowest BCUT2D eigenvalue weighted by molar-refractivity contribution is -0.143. The summed E-state index contributed by atoms with van der Waals surface area (Å²) in [5.74, 6) is 3.98. The quantitative estimate of drug-likeness (QED) is 0.344. The maximum Gasteiger partial charge on any atom is 0.306 e. The molecule has 19 heavy (non-hydrogen) atoms. The van der Waals surface area contributed by atoms with E-state index in [2.05, 4.69) is 11.8 Å². The Kier molecular flexibility index (Phi) is 11.2. The summed E-state index contributed by atoms with van der Waals surface area (Å²) in [6.45, 7) is 0.0806. The average molecular weight is 264 g/mol. The van der Waals surface area contributed by atoms with Gasteiger partial charge in [-0.3, -0.25) is 9.59 Å². The first kappa shape index (κ1) is 17.1. The molecule has 0 atom stereocenters. The molecule has 0 N–H and O–H groups in total. The highest BCUT2D eigenvalue weighted by molar-refractivity contribution is 5.69. The topological polar surface area (TPSA) is 52.6 Å². The third-order valence-corrected chi connectivity index (χ3v) is 2.39. The van der Waals surface area contributed by atoms with Crippen molar-refractivity contribution in [2.75, 3.05) is 13.2 Å². The van der Waals surface area contributed by atoms with E-state index in [9.17, 15) is 9.59 Å². The highest BCUT2D eigenvalue weighted by atomic mass is 16.5. The highest BCUT2D eigenvalue weighted by Gasteiger charge is 2.03. The molecule has 0 aromatic carbocycles. The fourth-order valence-corrected chi connectivity index (χ4v) is 1.46. The third kappa shape index (κ3) is 12.3. The molecule has 4 heteroatoms. The van der Waals surface area contributed by atoms with E-state index in [4.69, 9.17) is 22.3 Å². The molecule has 0 heterocycles. The lowest BCUT2D eigenvalue weighted by atomic mass is 10.1. The summed E-state index contributed by atoms with van der Waals surface area (Å²) in [6.07, 6.45) is 15.1. The van der Waals surface area contributed by atoms with Crippen molar-refractivity contribution in [1.82, 2.24) is 0 Å². The summed E-state index contributed by atoms with van der Waals surface area (Å²) >= 11 is 0. The Balaban J connectivity index is 3.28. The molecule has 0 saturated carbocycles. The van der Waals surface area contributed by atoms with Gasteiger partial charge in [-0.25, -0.2) is 0 Å². The van der Waals surface area contributed by atoms with Gasteiger partial charge >= 0.3 is 11.9 Å². The number of hydrogen-bond donors (Lipinski definition) is 0. The summed E-state index contributed by atoms with van der Waals surface area (Å²) < 4.78 is 9.47. The second-order valence-corrected chi connectivity index (χ2v) is 4.00. The zero-order valence-corrected chi connectivity index (χ0v) is 11.2. The number of rotatable bonds is 10. The van der Waals surface area contributed by atoms with Gasteiger partial charge in [-0.2, -0.15) is 0 Å². The molecule has 4 nitrogen and oxygen atoms in total. The number of carbonyl (C=O) groups excluding carboxylic acids is 2. The summed E-state index contributed by atoms with van der Waals surface area (Å²) in [4.78, 5) is 22.2. The van der Waals surface area contributed by atoms with E-state index in [-0.39, 0.29) is 25.2 Å². The number of esters is 2. The van der Waals surface area contributed by atoms with Crippen LogP contribution in [0.3, 0.4) is 0 Å². The van der Waals surface area contributed by atoms with Gasteiger partial charge in [0.05, 0.1) is 0 Å². The predicted octanol–water partition coefficient (Wildman–Crippen LogP) is 2.07. The number of hydrogen-bond acceptors (Lipinski definition) is 4. The summed E-state index contributed by atoms with van der Waals surface area (Å²) in [6, 6.07) is 0. The van der Waals surface area contributed by atoms with Gasteiger partial charge in [0.15, 0.2) is 13.2 Å². The number of carbonyl (C=O) groups is 2. The monoisotopic (exact) mass is 264 g/mol. The summed E-state index contributed by atoms with van der Waals surface area (Å²) in [5.41, 5.74) is 0. The zero-order chi connectivity index (χ0) is 14.3. The van der Waals surface area contributed by atoms with Crippen molar-refractivity contribution >= 4 is 11.9 Å². The van der Waals surface area contributed by atoms with Crippen LogP contribution in [-0.4, -0.2) is 25.2 Å². The second kappa shape index (κ2) is 12.5. The van der Waals surface area contributed by atoms with Crippen LogP contribution in [0.2, 0.25) is 0 Å². The molecule has 0 aromatic rings. The van der Waals surface area contributed by atoms with Gasteiger partial charge in [-0.15, -0.1) is 12.8 Å². The first-order valence-corrected chi connectivity index (χ1v) is 6.39. The fraction of sp³-hybridized carbons (Fsp3) is 0.600. The van der Waals surface area contributed by atoms with Crippen LogP contribution in [0.4, 0.5) is 0 Å². The molecule has 0 aliphatic rings. The first-order chi connectivity index (χ1) is 9.20. The van der Waals surface area contributed by atoms with E-state index in [0.717, 1.165) is 32.1 Å². The number of unbranched alkanes of at least 4 members (excludes halogenated alkanes) is 4. The Morgan fingerprint density at radius 1 is 0.737 bits per heavy atom. The standard InChI is InChI=1S/C15H20O4/c1-3-12-18-14(16)10-8-6-5-7-9-11-15(17)19-13-4-2/h1-2H,5-13H2. The van der Waals surface area contributed by atoms with Crippen molar-refractivity contribution < 1.29 is 19.1 Å². The minimum Gasteiger partial charge on any atom is -0.452 e. The molecular weight excluding hydrogens is 244 g/mol. The van der Waals surface area contributed by atoms with Crippen LogP contribution >= 0.6 is 0 Å². The predicted molar refractivity (Wildman–Crippen MR) is 71.9 cm³/mol. The van der Waals surface area contributed by atoms with Gasteiger partial charge in [0.25, 0.3) is 0 Å². The van der Waals surface area contributed by atoms with Crippen LogP contribution in [0.1, 0.15) is 44.9 Å². The van der Waals surface area contributed by atoms with Crippen LogP contribution in [0.5, 0.6) is 0 Å². The minimum absolute atomic E-state index is 0.0403. The van der Waals surface area contributed by atoms with E-state index in [1.165, 1.54) is 0 Å². The summed E-state index contributed by atoms with van der Waals surface area (Å²) in [5, 5.41) is 0. The molecular formula is C15H20O4. The Morgan fingerprint density at radius 2 is 1.11 bits per heavy atom. The maximum absolute atomic E-state index is 11.1. The van der Waals surface area contributed by atoms with E-state index in [1.54, 1.807) is 0 Å². The van der Waals surface area contributed by atoms with E-state index in [0.29, 0.717) is 12.8 Å². The van der Waals surface area contributed by atoms with E-state index >= 15 is 0 Å². The Morgan fingerprint density at radius 3 is 1.47 bits per heavy atom. The molecule has 0 spiro atoms. The lowest BCUT2D eigenvalue weighted by Crippen LogP contribution is -2.04. The van der Waals surface area contributed by atoms with Crippen LogP contribution in [0.25, 0.3) is 0 Å². The molecule has 0 aliphatic carbocycles. The van der Waals surface area contributed by atoms with Crippen LogP contribution in [0.15, 0.2) is 0 Å². The molecule has 0 rings (SSSR count). The summed E-state index contributed by atoms with van der Waals surface area (Å²) in [7, 11) is 0. The third-order valence-electron chi connectivity index (χ3n) is 2.39. The average Bonchev–Trinajstić information content (AvgIpc) is 2.41. The zero-order valence-electron chi connectivity index (χ0n) is 11.2. The molecule has 0 aliphatic heterocycles. The maximum atomic E-state index is 11.1. The van der Waals surface area contributed by atoms with Crippen molar-refractivity contribution in [2.45, 2.75) is 44.9 Å². The van der Waals surface area contributed by atoms with Crippen molar-refractivity contribution in [3.05, 3.63) is 0 Å². The Bertz CT molecular complexity index is 312. The smallest absolute Gasteiger partial charge is 0.306 e. The largest absolute Gasteiger partial charge is 0.452 e. The van der Waals surface area contributed by atoms with Gasteiger partial charge in [0.1, 0.15) is 0 Å². The Hall–Kier alpha value is -1.94. The molecule has 0 radical (unpaired) electrons. The first-order valence-electron chi connectivity index (χ1n) is 6.39. The molecule has 0 fully saturated rings. The molecule has 0 saturated heterocycles. The van der Waals surface area contributed by atoms with Gasteiger partial charge < -0.3 is 9.47 Å². The van der Waals surface area contributed by atoms with E-state index in [1.807, 2.05) is 0 Å². The molecule has 0 aromatic heterocycles. The fourth-order valence-electron chi connectivity index (χ4n) is 1.46. The SMILES string of the molecule is C#CCOC(=O)CCCCCCCC(=O)OCC#C. The van der Waals surface area contributed by atoms with Crippen molar-refractivity contribution in [3.63, 3.8) is 0 Å². The second-order valence-electron chi connectivity index (χ2n) is 4.00. The minimum atomic E-state index is -0.254. The van der Waals surface area contributed by atoms with Gasteiger partial charge in [-0.05, 0) is 12.8 Å².